The molecule has 3 rings (SSSR count). The minimum Gasteiger partial charge on any atom is -0.289 e. The summed E-state index contributed by atoms with van der Waals surface area (Å²) in [6.45, 7) is 1.19. The minimum absolute atomic E-state index is 0.100. The van der Waals surface area contributed by atoms with Gasteiger partial charge in [0.1, 0.15) is 23.3 Å². The van der Waals surface area contributed by atoms with Crippen LogP contribution < -0.4 is 4.90 Å². The summed E-state index contributed by atoms with van der Waals surface area (Å²) in [5.74, 6) is -4.77. The van der Waals surface area contributed by atoms with Crippen molar-refractivity contribution in [3.63, 3.8) is 0 Å². The molecule has 29 heavy (non-hydrogen) atoms. The average Bonchev–Trinajstić information content (AvgIpc) is 3.10. The molecule has 4 nitrogen and oxygen atoms in total. The number of amides is 1. The maximum Gasteiger partial charge on any atom is 0.230 e. The molecule has 3 aromatic rings. The third kappa shape index (κ3) is 4.57. The molecule has 0 unspecified atom stereocenters. The van der Waals surface area contributed by atoms with E-state index in [1.807, 2.05) is 0 Å². The highest BCUT2D eigenvalue weighted by Crippen LogP contribution is 2.31. The number of ketones is 1. The summed E-state index contributed by atoms with van der Waals surface area (Å²) < 4.78 is 53.8. The van der Waals surface area contributed by atoms with Gasteiger partial charge in [-0.3, -0.25) is 14.5 Å². The predicted octanol–water partition coefficient (Wildman–Crippen LogP) is 5.28. The third-order valence-electron chi connectivity index (χ3n) is 3.77. The maximum atomic E-state index is 14.1. The Balaban J connectivity index is 1.86. The molecule has 0 saturated heterocycles. The zero-order valence-electron chi connectivity index (χ0n) is 14.8. The van der Waals surface area contributed by atoms with Crippen molar-refractivity contribution in [2.75, 3.05) is 4.90 Å². The number of anilines is 2. The van der Waals surface area contributed by atoms with Crippen molar-refractivity contribution in [2.24, 2.45) is 0 Å². The number of benzene rings is 2. The quantitative estimate of drug-likeness (QED) is 0.321. The first kappa shape index (κ1) is 20.4. The van der Waals surface area contributed by atoms with Crippen molar-refractivity contribution < 1.29 is 27.2 Å². The van der Waals surface area contributed by atoms with E-state index in [0.29, 0.717) is 12.1 Å². The zero-order chi connectivity index (χ0) is 21.1. The van der Waals surface area contributed by atoms with Gasteiger partial charge in [0, 0.05) is 24.4 Å². The Morgan fingerprint density at radius 1 is 1.00 bits per heavy atom. The van der Waals surface area contributed by atoms with Gasteiger partial charge >= 0.3 is 0 Å². The molecule has 0 N–H and O–H groups in total. The van der Waals surface area contributed by atoms with Crippen LogP contribution in [0.5, 0.6) is 0 Å². The van der Waals surface area contributed by atoms with Crippen LogP contribution in [0.25, 0.3) is 6.08 Å². The summed E-state index contributed by atoms with van der Waals surface area (Å²) in [5, 5.41) is 1.60. The summed E-state index contributed by atoms with van der Waals surface area (Å²) in [6.07, 6.45) is 2.33. The van der Waals surface area contributed by atoms with Crippen LogP contribution in [0, 0.1) is 23.3 Å². The van der Waals surface area contributed by atoms with Gasteiger partial charge in [-0.2, -0.15) is 0 Å². The molecule has 0 bridgehead atoms. The van der Waals surface area contributed by atoms with Gasteiger partial charge in [-0.25, -0.2) is 22.5 Å². The lowest BCUT2D eigenvalue weighted by molar-refractivity contribution is -0.115. The third-order valence-corrected chi connectivity index (χ3v) is 4.61. The normalized spacial score (nSPS) is 11.1. The van der Waals surface area contributed by atoms with Crippen molar-refractivity contribution in [2.45, 2.75) is 6.92 Å². The van der Waals surface area contributed by atoms with Crippen molar-refractivity contribution in [3.05, 3.63) is 82.4 Å². The summed E-state index contributed by atoms with van der Waals surface area (Å²) >= 11 is 0.994. The fourth-order valence-electron chi connectivity index (χ4n) is 2.47. The highest BCUT2D eigenvalue weighted by molar-refractivity contribution is 7.14. The van der Waals surface area contributed by atoms with Crippen LogP contribution in [-0.2, 0) is 4.79 Å². The molecule has 1 amide bonds. The van der Waals surface area contributed by atoms with Gasteiger partial charge in [-0.05, 0) is 36.4 Å². The highest BCUT2D eigenvalue weighted by Gasteiger charge is 2.21. The minimum atomic E-state index is -0.992. The lowest BCUT2D eigenvalue weighted by atomic mass is 10.1. The number of carbonyl (C=O) groups is 2. The van der Waals surface area contributed by atoms with Gasteiger partial charge in [-0.1, -0.05) is 0 Å². The van der Waals surface area contributed by atoms with Crippen LogP contribution in [0.3, 0.4) is 0 Å². The lowest BCUT2D eigenvalue weighted by Gasteiger charge is -2.18. The predicted molar refractivity (Wildman–Crippen MR) is 101 cm³/mol. The van der Waals surface area contributed by atoms with Gasteiger partial charge in [0.25, 0.3) is 0 Å². The fraction of sp³-hybridized carbons (Fsp3) is 0.0500. The zero-order valence-corrected chi connectivity index (χ0v) is 15.6. The van der Waals surface area contributed by atoms with E-state index in [9.17, 15) is 27.2 Å². The SMILES string of the molecule is CC(=O)N(c1nc(C=CC(=O)c2ccc(F)cc2F)cs1)c1ccc(F)cc1F. The van der Waals surface area contributed by atoms with Crippen molar-refractivity contribution in [3.8, 4) is 0 Å². The van der Waals surface area contributed by atoms with E-state index in [1.54, 1.807) is 0 Å². The molecular formula is C20H12F4N2O2S. The lowest BCUT2D eigenvalue weighted by Crippen LogP contribution is -2.23. The summed E-state index contributed by atoms with van der Waals surface area (Å²) in [5.41, 5.74) is -0.222. The molecule has 148 valence electrons. The number of aromatic nitrogens is 1. The topological polar surface area (TPSA) is 50.3 Å². The molecule has 1 aromatic heterocycles. The van der Waals surface area contributed by atoms with E-state index in [0.717, 1.165) is 46.6 Å². The molecule has 1 heterocycles. The summed E-state index contributed by atoms with van der Waals surface area (Å²) in [4.78, 5) is 29.2. The molecule has 0 aliphatic carbocycles. The first-order chi connectivity index (χ1) is 13.8. The summed E-state index contributed by atoms with van der Waals surface area (Å²) in [7, 11) is 0. The number of hydrogen-bond acceptors (Lipinski definition) is 4. The number of nitrogens with zero attached hydrogens (tertiary/aromatic N) is 2. The van der Waals surface area contributed by atoms with Crippen LogP contribution >= 0.6 is 11.3 Å². The standard InChI is InChI=1S/C20H12F4N2O2S/c1-11(27)26(18-6-3-13(22)9-17(18)24)20-25-14(10-29-20)4-7-19(28)15-5-2-12(21)8-16(15)23/h2-10H,1H3. The Hall–Kier alpha value is -3.33. The summed E-state index contributed by atoms with van der Waals surface area (Å²) in [6, 6.07) is 5.37. The van der Waals surface area contributed by atoms with Gasteiger partial charge in [0.15, 0.2) is 10.9 Å². The second-order valence-corrected chi connectivity index (χ2v) is 6.66. The van der Waals surface area contributed by atoms with Crippen LogP contribution in [0.4, 0.5) is 28.4 Å². The van der Waals surface area contributed by atoms with Crippen LogP contribution in [0.15, 0.2) is 47.9 Å². The maximum absolute atomic E-state index is 14.1. The highest BCUT2D eigenvalue weighted by atomic mass is 32.1. The van der Waals surface area contributed by atoms with E-state index in [4.69, 9.17) is 0 Å². The molecule has 0 saturated carbocycles. The van der Waals surface area contributed by atoms with Crippen molar-refractivity contribution in [1.29, 1.82) is 0 Å². The van der Waals surface area contributed by atoms with Gasteiger partial charge in [0.05, 0.1) is 16.9 Å². The van der Waals surface area contributed by atoms with Crippen LogP contribution in [-0.4, -0.2) is 16.7 Å². The van der Waals surface area contributed by atoms with E-state index in [2.05, 4.69) is 4.98 Å². The molecule has 0 aliphatic heterocycles. The number of carbonyl (C=O) groups excluding carboxylic acids is 2. The monoisotopic (exact) mass is 420 g/mol. The molecular weight excluding hydrogens is 408 g/mol. The smallest absolute Gasteiger partial charge is 0.230 e. The first-order valence-electron chi connectivity index (χ1n) is 8.15. The molecule has 2 aromatic carbocycles. The van der Waals surface area contributed by atoms with Gasteiger partial charge in [-0.15, -0.1) is 11.3 Å². The second-order valence-electron chi connectivity index (χ2n) is 5.83. The van der Waals surface area contributed by atoms with E-state index in [1.165, 1.54) is 18.4 Å². The van der Waals surface area contributed by atoms with E-state index in [-0.39, 0.29) is 22.1 Å². The van der Waals surface area contributed by atoms with Gasteiger partial charge < -0.3 is 0 Å². The van der Waals surface area contributed by atoms with Crippen molar-refractivity contribution >= 4 is 39.9 Å². The molecule has 9 heteroatoms. The molecule has 0 spiro atoms. The largest absolute Gasteiger partial charge is 0.289 e. The Morgan fingerprint density at radius 3 is 2.28 bits per heavy atom. The first-order valence-corrected chi connectivity index (χ1v) is 9.03. The average molecular weight is 420 g/mol. The van der Waals surface area contributed by atoms with Crippen LogP contribution in [0.2, 0.25) is 0 Å². The van der Waals surface area contributed by atoms with Gasteiger partial charge in [0.2, 0.25) is 5.91 Å². The molecule has 0 aliphatic rings. The Morgan fingerprint density at radius 2 is 1.66 bits per heavy atom. The van der Waals surface area contributed by atoms with Crippen molar-refractivity contribution in [1.82, 2.24) is 4.98 Å². The number of allylic oxidation sites excluding steroid dienone is 1. The fourth-order valence-corrected chi connectivity index (χ4v) is 3.31. The molecule has 0 fully saturated rings. The van der Waals surface area contributed by atoms with E-state index < -0.39 is 35.0 Å². The van der Waals surface area contributed by atoms with E-state index >= 15 is 0 Å². The molecule has 0 atom stereocenters. The second kappa shape index (κ2) is 8.36. The number of thiazole rings is 1. The Bertz CT molecular complexity index is 1130. The number of halogens is 4. The number of rotatable bonds is 5. The number of hydrogen-bond donors (Lipinski definition) is 0. The Kier molecular flexibility index (Phi) is 5.88. The van der Waals surface area contributed by atoms with Crippen LogP contribution in [0.1, 0.15) is 23.0 Å². The molecule has 0 radical (unpaired) electrons. The Labute approximate surface area is 166 Å².